The van der Waals surface area contributed by atoms with Gasteiger partial charge in [0.25, 0.3) is 0 Å². The SMILES string of the molecule is [c]1cc(-c2cn[nH]c2)cc(N2CCOCC2)c1. The van der Waals surface area contributed by atoms with Crippen molar-refractivity contribution in [2.45, 2.75) is 0 Å². The van der Waals surface area contributed by atoms with E-state index >= 15 is 0 Å². The first-order chi connectivity index (χ1) is 8.43. The Balaban J connectivity index is 1.88. The van der Waals surface area contributed by atoms with E-state index in [4.69, 9.17) is 4.74 Å². The van der Waals surface area contributed by atoms with Gasteiger partial charge in [0.2, 0.25) is 0 Å². The fourth-order valence-corrected chi connectivity index (χ4v) is 2.04. The molecule has 0 atom stereocenters. The standard InChI is InChI=1S/C13H14N3O/c1-2-11(12-9-14-15-10-12)8-13(3-1)16-4-6-17-7-5-16/h2-3,8-10H,4-7H2,(H,14,15). The van der Waals surface area contributed by atoms with Gasteiger partial charge in [0.1, 0.15) is 0 Å². The minimum Gasteiger partial charge on any atom is -0.378 e. The van der Waals surface area contributed by atoms with Crippen molar-refractivity contribution in [3.8, 4) is 11.1 Å². The molecular weight excluding hydrogens is 214 g/mol. The minimum absolute atomic E-state index is 0.802. The van der Waals surface area contributed by atoms with E-state index in [9.17, 15) is 0 Å². The van der Waals surface area contributed by atoms with Crippen LogP contribution in [-0.4, -0.2) is 36.5 Å². The molecule has 4 nitrogen and oxygen atoms in total. The Morgan fingerprint density at radius 1 is 1.24 bits per heavy atom. The van der Waals surface area contributed by atoms with Crippen molar-refractivity contribution in [1.82, 2.24) is 10.2 Å². The average molecular weight is 228 g/mol. The van der Waals surface area contributed by atoms with E-state index in [-0.39, 0.29) is 0 Å². The number of hydrogen-bond donors (Lipinski definition) is 1. The molecule has 0 unspecified atom stereocenters. The van der Waals surface area contributed by atoms with Crippen molar-refractivity contribution in [1.29, 1.82) is 0 Å². The monoisotopic (exact) mass is 228 g/mol. The Bertz CT molecular complexity index is 475. The Hall–Kier alpha value is -1.81. The molecule has 1 aromatic heterocycles. The van der Waals surface area contributed by atoms with Gasteiger partial charge in [-0.05, 0) is 29.8 Å². The average Bonchev–Trinajstić information content (AvgIpc) is 2.94. The third-order valence-corrected chi connectivity index (χ3v) is 2.98. The second kappa shape index (κ2) is 4.59. The van der Waals surface area contributed by atoms with Crippen LogP contribution >= 0.6 is 0 Å². The van der Waals surface area contributed by atoms with E-state index in [2.05, 4.69) is 27.2 Å². The lowest BCUT2D eigenvalue weighted by Crippen LogP contribution is -2.36. The molecule has 2 heterocycles. The van der Waals surface area contributed by atoms with Crippen LogP contribution < -0.4 is 4.90 Å². The molecule has 0 bridgehead atoms. The highest BCUT2D eigenvalue weighted by atomic mass is 16.5. The quantitative estimate of drug-likeness (QED) is 0.850. The van der Waals surface area contributed by atoms with Crippen molar-refractivity contribution >= 4 is 5.69 Å². The number of morpholine rings is 1. The molecule has 1 N–H and O–H groups in total. The Morgan fingerprint density at radius 2 is 2.12 bits per heavy atom. The number of H-pyrrole nitrogens is 1. The highest BCUT2D eigenvalue weighted by Crippen LogP contribution is 2.24. The molecule has 1 aliphatic rings. The van der Waals surface area contributed by atoms with Crippen LogP contribution in [0.25, 0.3) is 11.1 Å². The summed E-state index contributed by atoms with van der Waals surface area (Å²) < 4.78 is 5.36. The lowest BCUT2D eigenvalue weighted by atomic mass is 10.1. The van der Waals surface area contributed by atoms with E-state index in [1.165, 1.54) is 5.69 Å². The van der Waals surface area contributed by atoms with Gasteiger partial charge < -0.3 is 9.64 Å². The zero-order valence-corrected chi connectivity index (χ0v) is 9.52. The highest BCUT2D eigenvalue weighted by Gasteiger charge is 2.11. The van der Waals surface area contributed by atoms with Crippen molar-refractivity contribution in [2.75, 3.05) is 31.2 Å². The van der Waals surface area contributed by atoms with Crippen LogP contribution in [0.3, 0.4) is 0 Å². The molecular formula is C13H14N3O. The molecule has 0 saturated carbocycles. The molecule has 1 saturated heterocycles. The number of ether oxygens (including phenoxy) is 1. The number of nitrogens with one attached hydrogen (secondary N) is 1. The molecule has 3 rings (SSSR count). The summed E-state index contributed by atoms with van der Waals surface area (Å²) in [6.45, 7) is 3.50. The first-order valence-corrected chi connectivity index (χ1v) is 5.76. The van der Waals surface area contributed by atoms with Crippen LogP contribution in [0.5, 0.6) is 0 Å². The van der Waals surface area contributed by atoms with Gasteiger partial charge >= 0.3 is 0 Å². The molecule has 1 aliphatic heterocycles. The van der Waals surface area contributed by atoms with Crippen LogP contribution in [0.1, 0.15) is 0 Å². The summed E-state index contributed by atoms with van der Waals surface area (Å²) in [6.07, 6.45) is 3.72. The lowest BCUT2D eigenvalue weighted by molar-refractivity contribution is 0.122. The smallest absolute Gasteiger partial charge is 0.0642 e. The fraction of sp³-hybridized carbons (Fsp3) is 0.308. The van der Waals surface area contributed by atoms with Crippen molar-refractivity contribution in [2.24, 2.45) is 0 Å². The van der Waals surface area contributed by atoms with E-state index < -0.39 is 0 Å². The number of aromatic nitrogens is 2. The van der Waals surface area contributed by atoms with E-state index in [1.54, 1.807) is 0 Å². The van der Waals surface area contributed by atoms with Gasteiger partial charge in [0.05, 0.1) is 19.4 Å². The third kappa shape index (κ3) is 2.17. The number of anilines is 1. The summed E-state index contributed by atoms with van der Waals surface area (Å²) >= 11 is 0. The zero-order chi connectivity index (χ0) is 11.5. The van der Waals surface area contributed by atoms with Crippen LogP contribution in [-0.2, 0) is 4.74 Å². The summed E-state index contributed by atoms with van der Waals surface area (Å²) in [5, 5.41) is 6.80. The normalized spacial score (nSPS) is 16.1. The number of nitrogens with zero attached hydrogens (tertiary/aromatic N) is 2. The van der Waals surface area contributed by atoms with Crippen LogP contribution in [0.2, 0.25) is 0 Å². The second-order valence-corrected chi connectivity index (χ2v) is 4.07. The number of rotatable bonds is 2. The third-order valence-electron chi connectivity index (χ3n) is 2.98. The molecule has 0 spiro atoms. The van der Waals surface area contributed by atoms with Crippen molar-refractivity contribution < 1.29 is 4.74 Å². The lowest BCUT2D eigenvalue weighted by Gasteiger charge is -2.29. The van der Waals surface area contributed by atoms with Crippen molar-refractivity contribution in [3.63, 3.8) is 0 Å². The van der Waals surface area contributed by atoms with E-state index in [0.717, 1.165) is 37.4 Å². The number of benzene rings is 1. The van der Waals surface area contributed by atoms with Gasteiger partial charge in [-0.2, -0.15) is 5.10 Å². The maximum Gasteiger partial charge on any atom is 0.0642 e. The summed E-state index contributed by atoms with van der Waals surface area (Å²) in [7, 11) is 0. The summed E-state index contributed by atoms with van der Waals surface area (Å²) in [6, 6.07) is 9.37. The molecule has 2 aromatic rings. The second-order valence-electron chi connectivity index (χ2n) is 4.07. The van der Waals surface area contributed by atoms with Crippen molar-refractivity contribution in [3.05, 3.63) is 36.7 Å². The Labute approximate surface area is 100 Å². The van der Waals surface area contributed by atoms with Crippen LogP contribution in [0.4, 0.5) is 5.69 Å². The highest BCUT2D eigenvalue weighted by molar-refractivity contribution is 5.67. The van der Waals surface area contributed by atoms with Gasteiger partial charge in [0.15, 0.2) is 0 Å². The fourth-order valence-electron chi connectivity index (χ4n) is 2.04. The largest absolute Gasteiger partial charge is 0.378 e. The van der Waals surface area contributed by atoms with Gasteiger partial charge in [-0.15, -0.1) is 0 Å². The minimum atomic E-state index is 0.802. The molecule has 1 aromatic carbocycles. The predicted octanol–water partition coefficient (Wildman–Crippen LogP) is 1.71. The van der Waals surface area contributed by atoms with Gasteiger partial charge in [-0.3, -0.25) is 5.10 Å². The Morgan fingerprint density at radius 3 is 2.88 bits per heavy atom. The first kappa shape index (κ1) is 10.4. The molecule has 17 heavy (non-hydrogen) atoms. The predicted molar refractivity (Wildman–Crippen MR) is 65.9 cm³/mol. The topological polar surface area (TPSA) is 41.2 Å². The van der Waals surface area contributed by atoms with Gasteiger partial charge in [-0.25, -0.2) is 0 Å². The van der Waals surface area contributed by atoms with Crippen LogP contribution in [0.15, 0.2) is 30.6 Å². The van der Waals surface area contributed by atoms with E-state index in [0.29, 0.717) is 0 Å². The maximum absolute atomic E-state index is 5.36. The number of aromatic amines is 1. The molecule has 0 aliphatic carbocycles. The van der Waals surface area contributed by atoms with E-state index in [1.807, 2.05) is 24.5 Å². The molecule has 1 fully saturated rings. The molecule has 0 amide bonds. The van der Waals surface area contributed by atoms with Gasteiger partial charge in [0, 0.05) is 30.5 Å². The van der Waals surface area contributed by atoms with Crippen LogP contribution in [0, 0.1) is 6.07 Å². The Kier molecular flexibility index (Phi) is 2.80. The number of hydrogen-bond acceptors (Lipinski definition) is 3. The zero-order valence-electron chi connectivity index (χ0n) is 9.52. The summed E-state index contributed by atoms with van der Waals surface area (Å²) in [5.41, 5.74) is 3.44. The molecule has 1 radical (unpaired) electrons. The first-order valence-electron chi connectivity index (χ1n) is 5.76. The van der Waals surface area contributed by atoms with Gasteiger partial charge in [-0.1, -0.05) is 0 Å². The summed E-state index contributed by atoms with van der Waals surface area (Å²) in [4.78, 5) is 2.32. The molecule has 4 heteroatoms. The summed E-state index contributed by atoms with van der Waals surface area (Å²) in [5.74, 6) is 0. The maximum atomic E-state index is 5.36. The molecule has 87 valence electrons.